The Kier molecular flexibility index (Phi) is 1.92. The molecular weight excluding hydrogens is 190 g/mol. The van der Waals surface area contributed by atoms with E-state index in [0.29, 0.717) is 12.7 Å². The monoisotopic (exact) mass is 203 g/mol. The zero-order valence-corrected chi connectivity index (χ0v) is 8.62. The Hall–Kier alpha value is -1.48. The van der Waals surface area contributed by atoms with Crippen molar-refractivity contribution < 1.29 is 9.47 Å². The van der Waals surface area contributed by atoms with Gasteiger partial charge in [0, 0.05) is 16.6 Å². The van der Waals surface area contributed by atoms with Gasteiger partial charge in [-0.15, -0.1) is 0 Å². The number of aryl methyl sites for hydroxylation is 1. The quantitative estimate of drug-likeness (QED) is 0.777. The van der Waals surface area contributed by atoms with Crippen LogP contribution in [0.2, 0.25) is 0 Å². The van der Waals surface area contributed by atoms with Crippen LogP contribution in [0.5, 0.6) is 5.75 Å². The third-order valence-electron chi connectivity index (χ3n) is 2.59. The molecule has 0 unspecified atom stereocenters. The molecule has 3 rings (SSSR count). The summed E-state index contributed by atoms with van der Waals surface area (Å²) in [6.07, 6.45) is 0.306. The van der Waals surface area contributed by atoms with Crippen LogP contribution in [0, 0.1) is 6.92 Å². The summed E-state index contributed by atoms with van der Waals surface area (Å²) in [5.41, 5.74) is 2.28. The van der Waals surface area contributed by atoms with Gasteiger partial charge < -0.3 is 14.5 Å². The summed E-state index contributed by atoms with van der Waals surface area (Å²) >= 11 is 0. The largest absolute Gasteiger partial charge is 0.490 e. The lowest BCUT2D eigenvalue weighted by molar-refractivity contribution is 0.265. The molecule has 1 N–H and O–H groups in total. The Morgan fingerprint density at radius 3 is 3.20 bits per heavy atom. The Morgan fingerprint density at radius 2 is 2.40 bits per heavy atom. The molecule has 0 amide bonds. The van der Waals surface area contributed by atoms with Crippen molar-refractivity contribution in [3.05, 3.63) is 30.0 Å². The van der Waals surface area contributed by atoms with Gasteiger partial charge >= 0.3 is 0 Å². The maximum absolute atomic E-state index is 5.71. The second kappa shape index (κ2) is 3.28. The van der Waals surface area contributed by atoms with Crippen LogP contribution in [-0.4, -0.2) is 24.3 Å². The van der Waals surface area contributed by atoms with Gasteiger partial charge in [-0.2, -0.15) is 0 Å². The number of benzene rings is 1. The van der Waals surface area contributed by atoms with E-state index in [4.69, 9.17) is 9.47 Å². The molecule has 1 saturated heterocycles. The van der Waals surface area contributed by atoms with Crippen molar-refractivity contribution in [3.63, 3.8) is 0 Å². The second-order valence-electron chi connectivity index (χ2n) is 3.94. The van der Waals surface area contributed by atoms with Crippen molar-refractivity contribution in [2.24, 2.45) is 0 Å². The number of rotatable bonds is 3. The van der Waals surface area contributed by atoms with Crippen LogP contribution in [0.3, 0.4) is 0 Å². The predicted molar refractivity (Wildman–Crippen MR) is 58.3 cm³/mol. The minimum Gasteiger partial charge on any atom is -0.490 e. The summed E-state index contributed by atoms with van der Waals surface area (Å²) in [6, 6.07) is 8.17. The van der Waals surface area contributed by atoms with Crippen molar-refractivity contribution in [2.75, 3.05) is 13.2 Å². The fourth-order valence-electron chi connectivity index (χ4n) is 1.74. The lowest BCUT2D eigenvalue weighted by Gasteiger charge is -2.04. The van der Waals surface area contributed by atoms with Gasteiger partial charge in [0.2, 0.25) is 0 Å². The Morgan fingerprint density at radius 1 is 1.53 bits per heavy atom. The molecule has 1 atom stereocenters. The van der Waals surface area contributed by atoms with Crippen molar-refractivity contribution >= 4 is 10.9 Å². The minimum atomic E-state index is 0.306. The first kappa shape index (κ1) is 8.80. The number of aromatic amines is 1. The van der Waals surface area contributed by atoms with E-state index >= 15 is 0 Å². The summed E-state index contributed by atoms with van der Waals surface area (Å²) in [6.45, 7) is 3.54. The lowest BCUT2D eigenvalue weighted by Crippen LogP contribution is -2.03. The Labute approximate surface area is 88.0 Å². The fraction of sp³-hybridized carbons (Fsp3) is 0.333. The number of hydrogen-bond acceptors (Lipinski definition) is 2. The molecule has 1 aromatic heterocycles. The van der Waals surface area contributed by atoms with E-state index in [1.165, 1.54) is 0 Å². The first-order valence-electron chi connectivity index (χ1n) is 5.16. The van der Waals surface area contributed by atoms with Crippen LogP contribution in [0.1, 0.15) is 5.69 Å². The topological polar surface area (TPSA) is 37.5 Å². The second-order valence-corrected chi connectivity index (χ2v) is 3.94. The Bertz CT molecular complexity index is 485. The van der Waals surface area contributed by atoms with Gasteiger partial charge in [0.1, 0.15) is 18.5 Å². The van der Waals surface area contributed by atoms with Gasteiger partial charge in [-0.05, 0) is 25.1 Å². The minimum absolute atomic E-state index is 0.306. The molecule has 2 heterocycles. The van der Waals surface area contributed by atoms with E-state index in [9.17, 15) is 0 Å². The zero-order valence-electron chi connectivity index (χ0n) is 8.62. The SMILES string of the molecule is Cc1cc2c(OC[C@@H]3CO3)cccc2[nH]1. The van der Waals surface area contributed by atoms with E-state index in [1.807, 2.05) is 19.1 Å². The molecule has 0 spiro atoms. The maximum atomic E-state index is 5.71. The van der Waals surface area contributed by atoms with Crippen LogP contribution < -0.4 is 4.74 Å². The van der Waals surface area contributed by atoms with Gasteiger partial charge in [0.15, 0.2) is 0 Å². The van der Waals surface area contributed by atoms with E-state index in [-0.39, 0.29) is 0 Å². The van der Waals surface area contributed by atoms with Crippen LogP contribution in [0.4, 0.5) is 0 Å². The third kappa shape index (κ3) is 1.70. The normalized spacial score (nSPS) is 19.4. The zero-order chi connectivity index (χ0) is 10.3. The maximum Gasteiger partial charge on any atom is 0.128 e. The average molecular weight is 203 g/mol. The lowest BCUT2D eigenvalue weighted by atomic mass is 10.2. The highest BCUT2D eigenvalue weighted by molar-refractivity contribution is 5.86. The molecule has 2 aromatic rings. The van der Waals surface area contributed by atoms with Crippen LogP contribution in [0.25, 0.3) is 10.9 Å². The molecule has 3 heteroatoms. The van der Waals surface area contributed by atoms with Crippen LogP contribution >= 0.6 is 0 Å². The highest BCUT2D eigenvalue weighted by Gasteiger charge is 2.23. The van der Waals surface area contributed by atoms with Crippen molar-refractivity contribution in [3.8, 4) is 5.75 Å². The number of nitrogens with one attached hydrogen (secondary N) is 1. The summed E-state index contributed by atoms with van der Waals surface area (Å²) in [5, 5.41) is 1.15. The molecule has 0 radical (unpaired) electrons. The van der Waals surface area contributed by atoms with Crippen molar-refractivity contribution in [1.29, 1.82) is 0 Å². The summed E-state index contributed by atoms with van der Waals surface area (Å²) in [5.74, 6) is 0.937. The summed E-state index contributed by atoms with van der Waals surface area (Å²) in [4.78, 5) is 3.29. The van der Waals surface area contributed by atoms with Gasteiger partial charge in [-0.1, -0.05) is 6.07 Å². The highest BCUT2D eigenvalue weighted by Crippen LogP contribution is 2.26. The molecule has 78 valence electrons. The molecule has 0 saturated carbocycles. The first-order valence-corrected chi connectivity index (χ1v) is 5.16. The molecule has 1 aliphatic heterocycles. The molecule has 1 aliphatic rings. The van der Waals surface area contributed by atoms with E-state index in [0.717, 1.165) is 29.0 Å². The highest BCUT2D eigenvalue weighted by atomic mass is 16.6. The van der Waals surface area contributed by atoms with Gasteiger partial charge in [-0.25, -0.2) is 0 Å². The Balaban J connectivity index is 1.93. The van der Waals surface area contributed by atoms with Gasteiger partial charge in [0.25, 0.3) is 0 Å². The number of H-pyrrole nitrogens is 1. The number of hydrogen-bond donors (Lipinski definition) is 1. The van der Waals surface area contributed by atoms with Crippen molar-refractivity contribution in [2.45, 2.75) is 13.0 Å². The number of epoxide rings is 1. The van der Waals surface area contributed by atoms with E-state index < -0.39 is 0 Å². The summed E-state index contributed by atoms with van der Waals surface area (Å²) < 4.78 is 10.8. The van der Waals surface area contributed by atoms with Crippen molar-refractivity contribution in [1.82, 2.24) is 4.98 Å². The molecule has 0 bridgehead atoms. The molecule has 3 nitrogen and oxygen atoms in total. The predicted octanol–water partition coefficient (Wildman–Crippen LogP) is 2.25. The number of fused-ring (bicyclic) bond motifs is 1. The van der Waals surface area contributed by atoms with E-state index in [2.05, 4.69) is 17.1 Å². The smallest absolute Gasteiger partial charge is 0.128 e. The first-order chi connectivity index (χ1) is 7.33. The van der Waals surface area contributed by atoms with E-state index in [1.54, 1.807) is 0 Å². The molecule has 0 aliphatic carbocycles. The number of aromatic nitrogens is 1. The molecule has 1 aromatic carbocycles. The molecule has 1 fully saturated rings. The molecular formula is C12H13NO2. The fourth-order valence-corrected chi connectivity index (χ4v) is 1.74. The van der Waals surface area contributed by atoms with Crippen LogP contribution in [-0.2, 0) is 4.74 Å². The average Bonchev–Trinajstić information content (AvgIpc) is 2.96. The summed E-state index contributed by atoms with van der Waals surface area (Å²) in [7, 11) is 0. The standard InChI is InChI=1S/C12H13NO2/c1-8-5-10-11(13-8)3-2-4-12(10)15-7-9-6-14-9/h2-5,9,13H,6-7H2,1H3/t9-/m0/s1. The third-order valence-corrected chi connectivity index (χ3v) is 2.59. The van der Waals surface area contributed by atoms with Crippen LogP contribution in [0.15, 0.2) is 24.3 Å². The number of ether oxygens (including phenoxy) is 2. The molecule has 15 heavy (non-hydrogen) atoms. The van der Waals surface area contributed by atoms with Gasteiger partial charge in [-0.3, -0.25) is 0 Å². The van der Waals surface area contributed by atoms with Gasteiger partial charge in [0.05, 0.1) is 6.61 Å².